The Hall–Kier alpha value is -2.02. The Kier molecular flexibility index (Phi) is 4.30. The third kappa shape index (κ3) is 3.19. The van der Waals surface area contributed by atoms with Gasteiger partial charge in [0.25, 0.3) is 11.6 Å². The molecule has 2 fully saturated rings. The van der Waals surface area contributed by atoms with Crippen molar-refractivity contribution in [1.82, 2.24) is 10.2 Å². The van der Waals surface area contributed by atoms with Gasteiger partial charge >= 0.3 is 0 Å². The maximum absolute atomic E-state index is 14.0. The summed E-state index contributed by atoms with van der Waals surface area (Å²) in [5.74, 6) is -1.20. The SMILES string of the molecule is O=C(c1ccc([N+](=O)[O-])cc1F)N1CCC2(CCNCC2)CC1. The van der Waals surface area contributed by atoms with Crippen LogP contribution in [0.25, 0.3) is 0 Å². The highest BCUT2D eigenvalue weighted by atomic mass is 19.1. The topological polar surface area (TPSA) is 75.5 Å². The molecule has 0 aliphatic carbocycles. The number of rotatable bonds is 2. The highest BCUT2D eigenvalue weighted by Gasteiger charge is 2.37. The molecule has 124 valence electrons. The smallest absolute Gasteiger partial charge is 0.272 e. The number of non-ortho nitro benzene ring substituents is 1. The fourth-order valence-corrected chi connectivity index (χ4v) is 3.60. The van der Waals surface area contributed by atoms with E-state index in [1.165, 1.54) is 12.1 Å². The van der Waals surface area contributed by atoms with Gasteiger partial charge in [-0.25, -0.2) is 4.39 Å². The first-order valence-electron chi connectivity index (χ1n) is 7.95. The third-order valence-electron chi connectivity index (χ3n) is 5.17. The number of likely N-dealkylation sites (tertiary alicyclic amines) is 1. The van der Waals surface area contributed by atoms with Crippen LogP contribution in [0, 0.1) is 21.3 Å². The highest BCUT2D eigenvalue weighted by molar-refractivity contribution is 5.94. The van der Waals surface area contributed by atoms with Crippen molar-refractivity contribution in [2.24, 2.45) is 5.41 Å². The second-order valence-corrected chi connectivity index (χ2v) is 6.46. The second kappa shape index (κ2) is 6.23. The van der Waals surface area contributed by atoms with Crippen LogP contribution in [0.3, 0.4) is 0 Å². The van der Waals surface area contributed by atoms with Gasteiger partial charge in [-0.2, -0.15) is 0 Å². The van der Waals surface area contributed by atoms with Crippen LogP contribution < -0.4 is 5.32 Å². The van der Waals surface area contributed by atoms with Crippen LogP contribution in [-0.2, 0) is 0 Å². The van der Waals surface area contributed by atoms with Crippen molar-refractivity contribution in [2.45, 2.75) is 25.7 Å². The van der Waals surface area contributed by atoms with Crippen molar-refractivity contribution in [1.29, 1.82) is 0 Å². The monoisotopic (exact) mass is 321 g/mol. The number of nitrogens with one attached hydrogen (secondary N) is 1. The molecule has 1 aromatic rings. The summed E-state index contributed by atoms with van der Waals surface area (Å²) < 4.78 is 14.0. The summed E-state index contributed by atoms with van der Waals surface area (Å²) in [6.07, 6.45) is 4.13. The van der Waals surface area contributed by atoms with Crippen LogP contribution in [0.5, 0.6) is 0 Å². The van der Waals surface area contributed by atoms with Crippen molar-refractivity contribution < 1.29 is 14.1 Å². The summed E-state index contributed by atoms with van der Waals surface area (Å²) in [5.41, 5.74) is -0.112. The lowest BCUT2D eigenvalue weighted by Crippen LogP contribution is -2.47. The van der Waals surface area contributed by atoms with E-state index in [1.54, 1.807) is 4.90 Å². The van der Waals surface area contributed by atoms with Gasteiger partial charge in [-0.3, -0.25) is 14.9 Å². The van der Waals surface area contributed by atoms with E-state index in [9.17, 15) is 19.3 Å². The van der Waals surface area contributed by atoms with Crippen molar-refractivity contribution in [3.8, 4) is 0 Å². The minimum atomic E-state index is -0.827. The lowest BCUT2D eigenvalue weighted by atomic mass is 9.71. The lowest BCUT2D eigenvalue weighted by molar-refractivity contribution is -0.385. The minimum absolute atomic E-state index is 0.0862. The van der Waals surface area contributed by atoms with Crippen LogP contribution in [0.4, 0.5) is 10.1 Å². The quantitative estimate of drug-likeness (QED) is 0.670. The Bertz CT molecular complexity index is 619. The van der Waals surface area contributed by atoms with E-state index in [0.717, 1.165) is 44.8 Å². The van der Waals surface area contributed by atoms with E-state index in [1.807, 2.05) is 0 Å². The molecule has 23 heavy (non-hydrogen) atoms. The van der Waals surface area contributed by atoms with Crippen LogP contribution >= 0.6 is 0 Å². The number of nitro benzene ring substituents is 1. The Balaban J connectivity index is 1.69. The van der Waals surface area contributed by atoms with Crippen molar-refractivity contribution in [2.75, 3.05) is 26.2 Å². The molecule has 7 heteroatoms. The second-order valence-electron chi connectivity index (χ2n) is 6.46. The lowest BCUT2D eigenvalue weighted by Gasteiger charge is -2.44. The van der Waals surface area contributed by atoms with Gasteiger partial charge in [-0.05, 0) is 50.3 Å². The molecular formula is C16H20FN3O3. The van der Waals surface area contributed by atoms with Gasteiger partial charge in [-0.15, -0.1) is 0 Å². The molecule has 0 unspecified atom stereocenters. The van der Waals surface area contributed by atoms with E-state index >= 15 is 0 Å². The molecule has 0 aromatic heterocycles. The molecule has 0 saturated carbocycles. The molecule has 6 nitrogen and oxygen atoms in total. The number of hydrogen-bond acceptors (Lipinski definition) is 4. The van der Waals surface area contributed by atoms with Crippen molar-refractivity contribution >= 4 is 11.6 Å². The summed E-state index contributed by atoms with van der Waals surface area (Å²) in [7, 11) is 0. The van der Waals surface area contributed by atoms with Gasteiger partial charge < -0.3 is 10.2 Å². The molecule has 2 aliphatic rings. The Morgan fingerprint density at radius 3 is 2.43 bits per heavy atom. The molecule has 3 rings (SSSR count). The van der Waals surface area contributed by atoms with E-state index < -0.39 is 10.7 Å². The normalized spacial score (nSPS) is 20.5. The number of carbonyl (C=O) groups excluding carboxylic acids is 1. The highest BCUT2D eigenvalue weighted by Crippen LogP contribution is 2.39. The van der Waals surface area contributed by atoms with E-state index in [0.29, 0.717) is 18.5 Å². The third-order valence-corrected chi connectivity index (χ3v) is 5.17. The number of amides is 1. The Morgan fingerprint density at radius 1 is 1.22 bits per heavy atom. The molecule has 2 saturated heterocycles. The zero-order valence-corrected chi connectivity index (χ0v) is 12.9. The standard InChI is InChI=1S/C16H20FN3O3/c17-14-11-12(20(22)23)1-2-13(14)15(21)19-9-5-16(6-10-19)3-7-18-8-4-16/h1-2,11,18H,3-10H2. The molecule has 0 bridgehead atoms. The first-order valence-corrected chi connectivity index (χ1v) is 7.95. The Morgan fingerprint density at radius 2 is 1.87 bits per heavy atom. The van der Waals surface area contributed by atoms with Crippen molar-refractivity contribution in [3.63, 3.8) is 0 Å². The summed E-state index contributed by atoms with van der Waals surface area (Å²) >= 11 is 0. The number of hydrogen-bond donors (Lipinski definition) is 1. The zero-order valence-electron chi connectivity index (χ0n) is 12.9. The largest absolute Gasteiger partial charge is 0.339 e. The average molecular weight is 321 g/mol. The summed E-state index contributed by atoms with van der Waals surface area (Å²) in [6, 6.07) is 3.20. The number of nitrogens with zero attached hydrogens (tertiary/aromatic N) is 2. The molecular weight excluding hydrogens is 301 g/mol. The summed E-state index contributed by atoms with van der Waals surface area (Å²) in [5, 5.41) is 14.0. The molecule has 1 spiro atoms. The first kappa shape index (κ1) is 15.9. The maximum Gasteiger partial charge on any atom is 0.272 e. The number of benzene rings is 1. The zero-order chi connectivity index (χ0) is 16.4. The van der Waals surface area contributed by atoms with Gasteiger partial charge in [0, 0.05) is 19.2 Å². The molecule has 2 heterocycles. The predicted octanol–water partition coefficient (Wildman–Crippen LogP) is 2.34. The van der Waals surface area contributed by atoms with E-state index in [2.05, 4.69) is 5.32 Å². The number of piperidine rings is 2. The van der Waals surface area contributed by atoms with Gasteiger partial charge in [-0.1, -0.05) is 0 Å². The number of nitro groups is 1. The van der Waals surface area contributed by atoms with Crippen LogP contribution in [0.15, 0.2) is 18.2 Å². The molecule has 1 aromatic carbocycles. The fourth-order valence-electron chi connectivity index (χ4n) is 3.60. The average Bonchev–Trinajstić information content (AvgIpc) is 2.55. The fraction of sp³-hybridized carbons (Fsp3) is 0.562. The first-order chi connectivity index (χ1) is 11.0. The molecule has 2 aliphatic heterocycles. The van der Waals surface area contributed by atoms with Gasteiger partial charge in [0.05, 0.1) is 16.6 Å². The van der Waals surface area contributed by atoms with E-state index in [-0.39, 0.29) is 17.2 Å². The minimum Gasteiger partial charge on any atom is -0.339 e. The van der Waals surface area contributed by atoms with E-state index in [4.69, 9.17) is 0 Å². The van der Waals surface area contributed by atoms with Crippen LogP contribution in [0.2, 0.25) is 0 Å². The maximum atomic E-state index is 14.0. The van der Waals surface area contributed by atoms with Crippen LogP contribution in [-0.4, -0.2) is 41.9 Å². The van der Waals surface area contributed by atoms with Crippen LogP contribution in [0.1, 0.15) is 36.0 Å². The van der Waals surface area contributed by atoms with Gasteiger partial charge in [0.1, 0.15) is 5.82 Å². The van der Waals surface area contributed by atoms with Gasteiger partial charge in [0.2, 0.25) is 0 Å². The number of carbonyl (C=O) groups is 1. The molecule has 1 N–H and O–H groups in total. The predicted molar refractivity (Wildman–Crippen MR) is 82.7 cm³/mol. The summed E-state index contributed by atoms with van der Waals surface area (Å²) in [6.45, 7) is 3.28. The Labute approximate surface area is 133 Å². The summed E-state index contributed by atoms with van der Waals surface area (Å²) in [4.78, 5) is 24.1. The molecule has 1 amide bonds. The van der Waals surface area contributed by atoms with Crippen molar-refractivity contribution in [3.05, 3.63) is 39.7 Å². The van der Waals surface area contributed by atoms with Gasteiger partial charge in [0.15, 0.2) is 0 Å². The molecule has 0 atom stereocenters. The number of halogens is 1. The molecule has 0 radical (unpaired) electrons.